The molecule has 1 aliphatic heterocycles. The molecule has 3 nitrogen and oxygen atoms in total. The molecule has 1 aliphatic rings. The van der Waals surface area contributed by atoms with Crippen molar-refractivity contribution < 1.29 is 0 Å². The predicted molar refractivity (Wildman–Crippen MR) is 86.9 cm³/mol. The Morgan fingerprint density at radius 3 is 2.81 bits per heavy atom. The lowest BCUT2D eigenvalue weighted by Gasteiger charge is -2.30. The fourth-order valence-electron chi connectivity index (χ4n) is 3.01. The van der Waals surface area contributed by atoms with E-state index in [1.165, 1.54) is 50.9 Å². The highest BCUT2D eigenvalue weighted by Gasteiger charge is 2.14. The Labute approximate surface area is 129 Å². The summed E-state index contributed by atoms with van der Waals surface area (Å²) < 4.78 is 0. The number of piperidine rings is 1. The highest BCUT2D eigenvalue weighted by molar-refractivity contribution is 5.31. The van der Waals surface area contributed by atoms with Gasteiger partial charge in [0.1, 0.15) is 0 Å². The van der Waals surface area contributed by atoms with Crippen LogP contribution in [0.3, 0.4) is 0 Å². The third-order valence-corrected chi connectivity index (χ3v) is 4.23. The zero-order valence-corrected chi connectivity index (χ0v) is 13.1. The van der Waals surface area contributed by atoms with E-state index in [9.17, 15) is 0 Å². The summed E-state index contributed by atoms with van der Waals surface area (Å²) in [4.78, 5) is 2.62. The minimum atomic E-state index is 0.731. The first-order valence-corrected chi connectivity index (χ1v) is 8.20. The van der Waals surface area contributed by atoms with Gasteiger partial charge in [-0.3, -0.25) is 0 Å². The second-order valence-electron chi connectivity index (χ2n) is 6.24. The minimum absolute atomic E-state index is 0.731. The number of nitriles is 1. The van der Waals surface area contributed by atoms with Crippen LogP contribution in [-0.4, -0.2) is 31.1 Å². The number of nitrogens with zero attached hydrogens (tertiary/aromatic N) is 2. The Morgan fingerprint density at radius 2 is 2.10 bits per heavy atom. The molecule has 0 aromatic heterocycles. The van der Waals surface area contributed by atoms with E-state index in [1.807, 2.05) is 24.3 Å². The van der Waals surface area contributed by atoms with E-state index in [0.29, 0.717) is 0 Å². The van der Waals surface area contributed by atoms with Crippen molar-refractivity contribution in [2.24, 2.45) is 5.92 Å². The summed E-state index contributed by atoms with van der Waals surface area (Å²) in [7, 11) is 0. The molecule has 0 amide bonds. The number of benzene rings is 1. The molecule has 114 valence electrons. The fourth-order valence-corrected chi connectivity index (χ4v) is 3.01. The topological polar surface area (TPSA) is 39.1 Å². The molecule has 21 heavy (non-hydrogen) atoms. The summed E-state index contributed by atoms with van der Waals surface area (Å²) in [6.45, 7) is 8.17. The maximum Gasteiger partial charge on any atom is 0.0991 e. The Bertz CT molecular complexity index is 447. The normalized spacial score (nSPS) is 19.3. The van der Waals surface area contributed by atoms with E-state index in [-0.39, 0.29) is 0 Å². The molecule has 0 radical (unpaired) electrons. The van der Waals surface area contributed by atoms with E-state index < -0.39 is 0 Å². The van der Waals surface area contributed by atoms with Crippen LogP contribution in [0, 0.1) is 17.2 Å². The summed E-state index contributed by atoms with van der Waals surface area (Å²) in [6, 6.07) is 9.97. The first-order valence-electron chi connectivity index (χ1n) is 8.20. The van der Waals surface area contributed by atoms with Crippen LogP contribution in [-0.2, 0) is 6.54 Å². The largest absolute Gasteiger partial charge is 0.313 e. The average Bonchev–Trinajstić information content (AvgIpc) is 2.51. The monoisotopic (exact) mass is 285 g/mol. The van der Waals surface area contributed by atoms with E-state index in [1.54, 1.807) is 0 Å². The van der Waals surface area contributed by atoms with E-state index in [0.717, 1.165) is 24.6 Å². The third-order valence-electron chi connectivity index (χ3n) is 4.23. The molecule has 1 heterocycles. The second kappa shape index (κ2) is 8.81. The summed E-state index contributed by atoms with van der Waals surface area (Å²) in [5, 5.41) is 12.2. The molecule has 3 heteroatoms. The number of nitrogens with one attached hydrogen (secondary N) is 1. The van der Waals surface area contributed by atoms with Crippen LogP contribution in [0.1, 0.15) is 43.7 Å². The van der Waals surface area contributed by atoms with Crippen LogP contribution in [0.15, 0.2) is 24.3 Å². The Kier molecular flexibility index (Phi) is 6.72. The molecule has 2 rings (SSSR count). The van der Waals surface area contributed by atoms with Gasteiger partial charge in [-0.1, -0.05) is 19.1 Å². The number of hydrogen-bond acceptors (Lipinski definition) is 3. The molecule has 1 fully saturated rings. The molecule has 0 aliphatic carbocycles. The number of unbranched alkanes of at least 4 members (excludes halogenated alkanes) is 1. The van der Waals surface area contributed by atoms with E-state index in [2.05, 4.69) is 23.2 Å². The quantitative estimate of drug-likeness (QED) is 0.782. The molecule has 0 bridgehead atoms. The molecule has 0 spiro atoms. The third kappa shape index (κ3) is 5.87. The van der Waals surface area contributed by atoms with Gasteiger partial charge in [0.25, 0.3) is 0 Å². The maximum atomic E-state index is 8.76. The first kappa shape index (κ1) is 16.0. The zero-order valence-electron chi connectivity index (χ0n) is 13.1. The summed E-state index contributed by atoms with van der Waals surface area (Å²) in [5.41, 5.74) is 1.98. The zero-order chi connectivity index (χ0) is 14.9. The lowest BCUT2D eigenvalue weighted by molar-refractivity contribution is 0.181. The molecule has 1 aromatic rings. The van der Waals surface area contributed by atoms with Gasteiger partial charge in [0, 0.05) is 13.1 Å². The van der Waals surface area contributed by atoms with Gasteiger partial charge in [0.2, 0.25) is 0 Å². The van der Waals surface area contributed by atoms with E-state index in [4.69, 9.17) is 5.26 Å². The first-order chi connectivity index (χ1) is 10.3. The fraction of sp³-hybridized carbons (Fsp3) is 0.611. The van der Waals surface area contributed by atoms with Crippen LogP contribution in [0.25, 0.3) is 0 Å². The summed E-state index contributed by atoms with van der Waals surface area (Å²) in [6.07, 6.45) is 5.30. The lowest BCUT2D eigenvalue weighted by atomic mass is 10.0. The van der Waals surface area contributed by atoms with Crippen LogP contribution >= 0.6 is 0 Å². The minimum Gasteiger partial charge on any atom is -0.313 e. The number of rotatable bonds is 7. The Hall–Kier alpha value is -1.37. The number of hydrogen-bond donors (Lipinski definition) is 1. The maximum absolute atomic E-state index is 8.76. The number of likely N-dealkylation sites (tertiary alicyclic amines) is 1. The Morgan fingerprint density at radius 1 is 1.29 bits per heavy atom. The summed E-state index contributed by atoms with van der Waals surface area (Å²) >= 11 is 0. The standard InChI is InChI=1S/C18H27N3/c1-16-5-4-12-21(15-16)11-3-2-10-20-14-18-8-6-17(13-19)7-9-18/h6-9,16,20H,2-5,10-12,14-15H2,1H3. The van der Waals surface area contributed by atoms with E-state index >= 15 is 0 Å². The van der Waals surface area contributed by atoms with Crippen molar-refractivity contribution in [1.29, 1.82) is 5.26 Å². The smallest absolute Gasteiger partial charge is 0.0991 e. The van der Waals surface area contributed by atoms with Gasteiger partial charge in [0.05, 0.1) is 11.6 Å². The highest BCUT2D eigenvalue weighted by Crippen LogP contribution is 2.15. The second-order valence-corrected chi connectivity index (χ2v) is 6.24. The van der Waals surface area contributed by atoms with Crippen molar-refractivity contribution in [2.75, 3.05) is 26.2 Å². The molecular weight excluding hydrogens is 258 g/mol. The molecule has 1 unspecified atom stereocenters. The van der Waals surface area contributed by atoms with Gasteiger partial charge < -0.3 is 10.2 Å². The molecule has 0 saturated carbocycles. The van der Waals surface area contributed by atoms with Crippen LogP contribution in [0.2, 0.25) is 0 Å². The molecule has 1 saturated heterocycles. The van der Waals surface area contributed by atoms with Crippen molar-refractivity contribution >= 4 is 0 Å². The molecule has 1 N–H and O–H groups in total. The Balaban J connectivity index is 1.52. The van der Waals surface area contributed by atoms with Gasteiger partial charge in [-0.15, -0.1) is 0 Å². The van der Waals surface area contributed by atoms with Gasteiger partial charge >= 0.3 is 0 Å². The van der Waals surface area contributed by atoms with Gasteiger partial charge in [-0.05, 0) is 68.9 Å². The van der Waals surface area contributed by atoms with Crippen LogP contribution in [0.4, 0.5) is 0 Å². The van der Waals surface area contributed by atoms with Crippen molar-refractivity contribution in [2.45, 2.75) is 39.2 Å². The van der Waals surface area contributed by atoms with Gasteiger partial charge in [-0.2, -0.15) is 5.26 Å². The SMILES string of the molecule is CC1CCCN(CCCCNCc2ccc(C#N)cc2)C1. The predicted octanol–water partition coefficient (Wildman–Crippen LogP) is 3.16. The molecule has 1 atom stereocenters. The summed E-state index contributed by atoms with van der Waals surface area (Å²) in [5.74, 6) is 0.883. The van der Waals surface area contributed by atoms with Gasteiger partial charge in [-0.25, -0.2) is 0 Å². The lowest BCUT2D eigenvalue weighted by Crippen LogP contribution is -2.35. The van der Waals surface area contributed by atoms with Crippen molar-refractivity contribution in [1.82, 2.24) is 10.2 Å². The van der Waals surface area contributed by atoms with Crippen molar-refractivity contribution in [3.63, 3.8) is 0 Å². The van der Waals surface area contributed by atoms with Crippen molar-refractivity contribution in [3.8, 4) is 6.07 Å². The average molecular weight is 285 g/mol. The van der Waals surface area contributed by atoms with Crippen LogP contribution in [0.5, 0.6) is 0 Å². The van der Waals surface area contributed by atoms with Crippen LogP contribution < -0.4 is 5.32 Å². The molecule has 1 aromatic carbocycles. The highest BCUT2D eigenvalue weighted by atomic mass is 15.1. The van der Waals surface area contributed by atoms with Gasteiger partial charge in [0.15, 0.2) is 0 Å². The van der Waals surface area contributed by atoms with Crippen molar-refractivity contribution in [3.05, 3.63) is 35.4 Å². The molecular formula is C18H27N3.